The van der Waals surface area contributed by atoms with Crippen molar-refractivity contribution in [3.05, 3.63) is 64.2 Å². The number of nitrogens with one attached hydrogen (secondary N) is 2. The maximum atomic E-state index is 13.2. The topological polar surface area (TPSA) is 62.2 Å². The number of ether oxygens (including phenoxy) is 1. The Labute approximate surface area is 168 Å². The molecule has 0 radical (unpaired) electrons. The van der Waals surface area contributed by atoms with Crippen LogP contribution in [0.3, 0.4) is 0 Å². The van der Waals surface area contributed by atoms with Crippen LogP contribution in [0, 0.1) is 19.3 Å². The molecule has 0 heterocycles. The van der Waals surface area contributed by atoms with E-state index in [0.717, 1.165) is 22.8 Å². The summed E-state index contributed by atoms with van der Waals surface area (Å²) in [7, 11) is 0. The highest BCUT2D eigenvalue weighted by Crippen LogP contribution is 2.34. The van der Waals surface area contributed by atoms with Crippen molar-refractivity contribution < 1.29 is 22.7 Å². The second-order valence-corrected chi connectivity index (χ2v) is 6.93. The van der Waals surface area contributed by atoms with E-state index in [4.69, 9.17) is 10.1 Å². The van der Waals surface area contributed by atoms with Crippen LogP contribution >= 0.6 is 0 Å². The van der Waals surface area contributed by atoms with E-state index in [9.17, 15) is 18.0 Å². The van der Waals surface area contributed by atoms with Gasteiger partial charge >= 0.3 is 6.18 Å². The minimum Gasteiger partial charge on any atom is -0.481 e. The zero-order valence-electron chi connectivity index (χ0n) is 16.7. The van der Waals surface area contributed by atoms with E-state index in [1.54, 1.807) is 0 Å². The van der Waals surface area contributed by atoms with Gasteiger partial charge in [0.05, 0.1) is 5.56 Å². The third kappa shape index (κ3) is 6.07. The third-order valence-corrected chi connectivity index (χ3v) is 4.56. The zero-order valence-corrected chi connectivity index (χ0v) is 16.7. The molecule has 0 fully saturated rings. The van der Waals surface area contributed by atoms with Gasteiger partial charge < -0.3 is 15.5 Å². The van der Waals surface area contributed by atoms with Crippen molar-refractivity contribution in [3.8, 4) is 5.75 Å². The SMILES string of the molecule is CCCC(Oc1ccc(C=N)c(C(F)(F)F)c1)C(=O)NCc1ccc(C)cc1C. The van der Waals surface area contributed by atoms with Crippen LogP contribution in [0.25, 0.3) is 0 Å². The van der Waals surface area contributed by atoms with Crippen molar-refractivity contribution in [2.45, 2.75) is 52.4 Å². The van der Waals surface area contributed by atoms with Gasteiger partial charge in [0.1, 0.15) is 5.75 Å². The number of benzene rings is 2. The van der Waals surface area contributed by atoms with Gasteiger partial charge in [-0.2, -0.15) is 13.2 Å². The molecule has 1 atom stereocenters. The molecule has 4 nitrogen and oxygen atoms in total. The fraction of sp³-hybridized carbons (Fsp3) is 0.364. The van der Waals surface area contributed by atoms with Gasteiger partial charge in [0, 0.05) is 18.3 Å². The van der Waals surface area contributed by atoms with Crippen LogP contribution in [0.2, 0.25) is 0 Å². The summed E-state index contributed by atoms with van der Waals surface area (Å²) in [6.45, 7) is 6.12. The number of hydrogen-bond donors (Lipinski definition) is 2. The van der Waals surface area contributed by atoms with Crippen LogP contribution in [0.5, 0.6) is 5.75 Å². The van der Waals surface area contributed by atoms with Crippen molar-refractivity contribution >= 4 is 12.1 Å². The molecule has 2 rings (SSSR count). The first-order chi connectivity index (χ1) is 13.7. The number of halogens is 3. The molecular weight excluding hydrogens is 381 g/mol. The first-order valence-corrected chi connectivity index (χ1v) is 9.38. The Morgan fingerprint density at radius 3 is 2.52 bits per heavy atom. The minimum absolute atomic E-state index is 0.0527. The summed E-state index contributed by atoms with van der Waals surface area (Å²) >= 11 is 0. The number of carbonyl (C=O) groups is 1. The van der Waals surface area contributed by atoms with Crippen molar-refractivity contribution in [1.29, 1.82) is 5.41 Å². The average Bonchev–Trinajstić information content (AvgIpc) is 2.66. The number of aryl methyl sites for hydroxylation is 2. The maximum absolute atomic E-state index is 13.2. The molecule has 29 heavy (non-hydrogen) atoms. The van der Waals surface area contributed by atoms with Gasteiger partial charge in [-0.15, -0.1) is 0 Å². The number of hydrogen-bond acceptors (Lipinski definition) is 3. The minimum atomic E-state index is -4.61. The number of rotatable bonds is 8. The van der Waals surface area contributed by atoms with Crippen LogP contribution in [-0.2, 0) is 17.5 Å². The van der Waals surface area contributed by atoms with E-state index in [1.165, 1.54) is 12.1 Å². The molecule has 156 valence electrons. The fourth-order valence-electron chi connectivity index (χ4n) is 2.99. The smallest absolute Gasteiger partial charge is 0.417 e. The molecule has 2 aromatic carbocycles. The first-order valence-electron chi connectivity index (χ1n) is 9.38. The van der Waals surface area contributed by atoms with Gasteiger partial charge in [0.15, 0.2) is 6.10 Å². The molecule has 2 N–H and O–H groups in total. The number of alkyl halides is 3. The Hall–Kier alpha value is -2.83. The summed E-state index contributed by atoms with van der Waals surface area (Å²) in [5, 5.41) is 9.96. The average molecular weight is 406 g/mol. The molecule has 7 heteroatoms. The lowest BCUT2D eigenvalue weighted by Gasteiger charge is -2.20. The molecule has 0 saturated heterocycles. The van der Waals surface area contributed by atoms with E-state index in [1.807, 2.05) is 39.0 Å². The van der Waals surface area contributed by atoms with E-state index in [-0.39, 0.29) is 17.2 Å². The molecule has 1 amide bonds. The molecule has 0 saturated carbocycles. The van der Waals surface area contributed by atoms with Crippen molar-refractivity contribution in [2.24, 2.45) is 0 Å². The third-order valence-electron chi connectivity index (χ3n) is 4.56. The highest BCUT2D eigenvalue weighted by Gasteiger charge is 2.33. The zero-order chi connectivity index (χ0) is 21.6. The standard InChI is InChI=1S/C22H25F3N2O2/c1-4-5-20(21(28)27-13-17-7-6-14(2)10-15(17)3)29-18-9-8-16(12-26)19(11-18)22(23,24)25/h6-12,20,26H,4-5,13H2,1-3H3,(H,27,28). The lowest BCUT2D eigenvalue weighted by atomic mass is 10.1. The van der Waals surface area contributed by atoms with Gasteiger partial charge in [-0.05, 0) is 49.6 Å². The summed E-state index contributed by atoms with van der Waals surface area (Å²) < 4.78 is 45.2. The van der Waals surface area contributed by atoms with Crippen molar-refractivity contribution in [3.63, 3.8) is 0 Å². The second-order valence-electron chi connectivity index (χ2n) is 6.93. The first kappa shape index (κ1) is 22.5. The van der Waals surface area contributed by atoms with Crippen molar-refractivity contribution in [2.75, 3.05) is 0 Å². The van der Waals surface area contributed by atoms with Crippen molar-refractivity contribution in [1.82, 2.24) is 5.32 Å². The van der Waals surface area contributed by atoms with Crippen LogP contribution in [0.4, 0.5) is 13.2 Å². The molecule has 0 aliphatic heterocycles. The monoisotopic (exact) mass is 406 g/mol. The molecule has 1 unspecified atom stereocenters. The fourth-order valence-corrected chi connectivity index (χ4v) is 2.99. The van der Waals surface area contributed by atoms with Crippen LogP contribution in [0.1, 0.15) is 47.6 Å². The van der Waals surface area contributed by atoms with Crippen LogP contribution < -0.4 is 10.1 Å². The Balaban J connectivity index is 2.14. The predicted octanol–water partition coefficient (Wildman–Crippen LogP) is 5.18. The molecule has 0 spiro atoms. The number of carbonyl (C=O) groups excluding carboxylic acids is 1. The molecular formula is C22H25F3N2O2. The number of amides is 1. The maximum Gasteiger partial charge on any atom is 0.417 e. The Morgan fingerprint density at radius 2 is 1.93 bits per heavy atom. The van der Waals surface area contributed by atoms with Gasteiger partial charge in [-0.25, -0.2) is 0 Å². The van der Waals surface area contributed by atoms with Gasteiger partial charge in [-0.3, -0.25) is 4.79 Å². The summed E-state index contributed by atoms with van der Waals surface area (Å²) in [6, 6.07) is 9.26. The Bertz CT molecular complexity index is 879. The molecule has 0 aliphatic rings. The quantitative estimate of drug-likeness (QED) is 0.593. The summed E-state index contributed by atoms with van der Waals surface area (Å²) in [5.74, 6) is -0.431. The molecule has 0 aliphatic carbocycles. The van der Waals surface area contributed by atoms with E-state index in [2.05, 4.69) is 5.32 Å². The van der Waals surface area contributed by atoms with E-state index < -0.39 is 17.8 Å². The van der Waals surface area contributed by atoms with Crippen LogP contribution in [0.15, 0.2) is 36.4 Å². The molecule has 0 bridgehead atoms. The predicted molar refractivity (Wildman–Crippen MR) is 106 cm³/mol. The highest BCUT2D eigenvalue weighted by atomic mass is 19.4. The van der Waals surface area contributed by atoms with E-state index >= 15 is 0 Å². The Kier molecular flexibility index (Phi) is 7.42. The lowest BCUT2D eigenvalue weighted by molar-refractivity contribution is -0.137. The normalized spacial score (nSPS) is 12.3. The summed E-state index contributed by atoms with van der Waals surface area (Å²) in [6.07, 6.45) is -3.87. The molecule has 0 aromatic heterocycles. The molecule has 2 aromatic rings. The van der Waals surface area contributed by atoms with Crippen LogP contribution in [-0.4, -0.2) is 18.2 Å². The second kappa shape index (κ2) is 9.58. The summed E-state index contributed by atoms with van der Waals surface area (Å²) in [5.41, 5.74) is 1.93. The van der Waals surface area contributed by atoms with Gasteiger partial charge in [0.2, 0.25) is 0 Å². The van der Waals surface area contributed by atoms with E-state index in [0.29, 0.717) is 25.6 Å². The lowest BCUT2D eigenvalue weighted by Crippen LogP contribution is -2.38. The highest BCUT2D eigenvalue weighted by molar-refractivity contribution is 5.82. The van der Waals surface area contributed by atoms with Gasteiger partial charge in [-0.1, -0.05) is 37.1 Å². The largest absolute Gasteiger partial charge is 0.481 e. The summed E-state index contributed by atoms with van der Waals surface area (Å²) in [4.78, 5) is 12.6. The van der Waals surface area contributed by atoms with Gasteiger partial charge in [0.25, 0.3) is 5.91 Å². The Morgan fingerprint density at radius 1 is 1.21 bits per heavy atom.